The third-order valence-corrected chi connectivity index (χ3v) is 4.54. The number of nitrogens with one attached hydrogen (secondary N) is 1. The Morgan fingerprint density at radius 2 is 2.00 bits per heavy atom. The summed E-state index contributed by atoms with van der Waals surface area (Å²) in [6, 6.07) is 3.24. The molecule has 1 unspecified atom stereocenters. The van der Waals surface area contributed by atoms with Crippen molar-refractivity contribution >= 4 is 18.2 Å². The molecule has 1 atom stereocenters. The third-order valence-electron chi connectivity index (χ3n) is 4.54. The van der Waals surface area contributed by atoms with Crippen LogP contribution in [-0.4, -0.2) is 40.7 Å². The predicted octanol–water partition coefficient (Wildman–Crippen LogP) is 3.21. The molecule has 0 amide bonds. The number of halogens is 3. The van der Waals surface area contributed by atoms with E-state index >= 15 is 0 Å². The van der Waals surface area contributed by atoms with E-state index in [4.69, 9.17) is 4.52 Å². The first-order valence-corrected chi connectivity index (χ1v) is 8.27. The number of hydrogen-bond acceptors (Lipinski definition) is 6. The van der Waals surface area contributed by atoms with Gasteiger partial charge in [0.15, 0.2) is 0 Å². The van der Waals surface area contributed by atoms with Crippen LogP contribution in [0.15, 0.2) is 22.9 Å². The standard InChI is InChI=1S/C16H19F2N5O.ClH/c17-16(18)8-12(20-10-16)15-21-14(22-24-15)11-4-5-13(19-9-11)23-6-2-1-3-7-23;/h4-5,9,12,20H,1-3,6-8,10H2;1H. The fourth-order valence-electron chi connectivity index (χ4n) is 3.21. The average Bonchev–Trinajstić information content (AvgIpc) is 3.22. The topological polar surface area (TPSA) is 67.1 Å². The van der Waals surface area contributed by atoms with Crippen molar-refractivity contribution in [1.29, 1.82) is 0 Å². The molecule has 2 fully saturated rings. The maximum absolute atomic E-state index is 13.3. The van der Waals surface area contributed by atoms with E-state index < -0.39 is 12.0 Å². The Labute approximate surface area is 150 Å². The van der Waals surface area contributed by atoms with Gasteiger partial charge in [-0.15, -0.1) is 12.4 Å². The molecule has 0 aliphatic carbocycles. The van der Waals surface area contributed by atoms with Crippen LogP contribution in [0.5, 0.6) is 0 Å². The molecule has 136 valence electrons. The van der Waals surface area contributed by atoms with Gasteiger partial charge in [-0.2, -0.15) is 4.98 Å². The summed E-state index contributed by atoms with van der Waals surface area (Å²) in [5.41, 5.74) is 0.718. The normalized spacial score (nSPS) is 22.6. The lowest BCUT2D eigenvalue weighted by Gasteiger charge is -2.27. The molecule has 0 bridgehead atoms. The molecule has 2 saturated heterocycles. The second kappa shape index (κ2) is 7.21. The van der Waals surface area contributed by atoms with Crippen LogP contribution in [0.2, 0.25) is 0 Å². The van der Waals surface area contributed by atoms with Gasteiger partial charge in [0.05, 0.1) is 12.6 Å². The van der Waals surface area contributed by atoms with Gasteiger partial charge in [0.1, 0.15) is 5.82 Å². The summed E-state index contributed by atoms with van der Waals surface area (Å²) in [4.78, 5) is 11.0. The molecule has 2 aliphatic rings. The zero-order chi connectivity index (χ0) is 16.6. The summed E-state index contributed by atoms with van der Waals surface area (Å²) in [6.07, 6.45) is 5.04. The Kier molecular flexibility index (Phi) is 5.19. The smallest absolute Gasteiger partial charge is 0.262 e. The number of hydrogen-bond donors (Lipinski definition) is 1. The second-order valence-electron chi connectivity index (χ2n) is 6.40. The highest BCUT2D eigenvalue weighted by Crippen LogP contribution is 2.33. The van der Waals surface area contributed by atoms with Gasteiger partial charge in [0.25, 0.3) is 5.92 Å². The molecule has 0 spiro atoms. The quantitative estimate of drug-likeness (QED) is 0.893. The molecule has 4 heterocycles. The number of rotatable bonds is 3. The molecule has 0 saturated carbocycles. The molecule has 2 aromatic heterocycles. The van der Waals surface area contributed by atoms with Crippen molar-refractivity contribution in [2.24, 2.45) is 0 Å². The fourth-order valence-corrected chi connectivity index (χ4v) is 3.21. The van der Waals surface area contributed by atoms with Gasteiger partial charge >= 0.3 is 0 Å². The van der Waals surface area contributed by atoms with Gasteiger partial charge in [-0.3, -0.25) is 5.32 Å². The maximum atomic E-state index is 13.3. The molecule has 25 heavy (non-hydrogen) atoms. The summed E-state index contributed by atoms with van der Waals surface area (Å²) in [5, 5.41) is 6.61. The number of nitrogens with zero attached hydrogens (tertiary/aromatic N) is 4. The van der Waals surface area contributed by atoms with Gasteiger partial charge in [0, 0.05) is 31.3 Å². The molecule has 0 aromatic carbocycles. The molecule has 1 N–H and O–H groups in total. The lowest BCUT2D eigenvalue weighted by atomic mass is 10.1. The SMILES string of the molecule is Cl.FC1(F)CNC(c2nc(-c3ccc(N4CCCCC4)nc3)no2)C1. The highest BCUT2D eigenvalue weighted by atomic mass is 35.5. The van der Waals surface area contributed by atoms with E-state index in [-0.39, 0.29) is 31.3 Å². The van der Waals surface area contributed by atoms with Crippen LogP contribution >= 0.6 is 12.4 Å². The van der Waals surface area contributed by atoms with E-state index in [2.05, 4.69) is 25.3 Å². The number of aromatic nitrogens is 3. The lowest BCUT2D eigenvalue weighted by molar-refractivity contribution is 0.0200. The monoisotopic (exact) mass is 371 g/mol. The average molecular weight is 372 g/mol. The Bertz CT molecular complexity index is 703. The molecule has 6 nitrogen and oxygen atoms in total. The fraction of sp³-hybridized carbons (Fsp3) is 0.562. The first kappa shape index (κ1) is 18.0. The van der Waals surface area contributed by atoms with E-state index in [1.54, 1.807) is 6.20 Å². The van der Waals surface area contributed by atoms with Crippen LogP contribution in [0.4, 0.5) is 14.6 Å². The molecule has 9 heteroatoms. The minimum absolute atomic E-state index is 0. The zero-order valence-electron chi connectivity index (χ0n) is 13.6. The van der Waals surface area contributed by atoms with Crippen molar-refractivity contribution in [3.8, 4) is 11.4 Å². The van der Waals surface area contributed by atoms with Gasteiger partial charge < -0.3 is 9.42 Å². The number of piperidine rings is 1. The van der Waals surface area contributed by atoms with E-state index in [1.807, 2.05) is 12.1 Å². The molecule has 0 radical (unpaired) electrons. The number of anilines is 1. The second-order valence-corrected chi connectivity index (χ2v) is 6.40. The molecule has 4 rings (SSSR count). The summed E-state index contributed by atoms with van der Waals surface area (Å²) >= 11 is 0. The van der Waals surface area contributed by atoms with Crippen molar-refractivity contribution < 1.29 is 13.3 Å². The van der Waals surface area contributed by atoms with Crippen LogP contribution in [0.3, 0.4) is 0 Å². The van der Waals surface area contributed by atoms with Crippen molar-refractivity contribution in [1.82, 2.24) is 20.4 Å². The number of pyridine rings is 1. The van der Waals surface area contributed by atoms with Crippen molar-refractivity contribution in [2.75, 3.05) is 24.5 Å². The first-order valence-electron chi connectivity index (χ1n) is 8.27. The van der Waals surface area contributed by atoms with Crippen LogP contribution in [0.25, 0.3) is 11.4 Å². The van der Waals surface area contributed by atoms with Crippen LogP contribution in [0, 0.1) is 0 Å². The van der Waals surface area contributed by atoms with E-state index in [9.17, 15) is 8.78 Å². The highest BCUT2D eigenvalue weighted by molar-refractivity contribution is 5.85. The largest absolute Gasteiger partial charge is 0.357 e. The van der Waals surface area contributed by atoms with E-state index in [0.29, 0.717) is 5.82 Å². The first-order chi connectivity index (χ1) is 11.6. The van der Waals surface area contributed by atoms with Gasteiger partial charge in [0.2, 0.25) is 11.7 Å². The Morgan fingerprint density at radius 1 is 1.20 bits per heavy atom. The van der Waals surface area contributed by atoms with Crippen LogP contribution in [0.1, 0.15) is 37.6 Å². The summed E-state index contributed by atoms with van der Waals surface area (Å²) < 4.78 is 31.7. The van der Waals surface area contributed by atoms with Crippen molar-refractivity contribution in [2.45, 2.75) is 37.6 Å². The van der Waals surface area contributed by atoms with Crippen molar-refractivity contribution in [3.05, 3.63) is 24.2 Å². The van der Waals surface area contributed by atoms with E-state index in [1.165, 1.54) is 19.3 Å². The summed E-state index contributed by atoms with van der Waals surface area (Å²) in [6.45, 7) is 1.70. The molecule has 2 aromatic rings. The van der Waals surface area contributed by atoms with E-state index in [0.717, 1.165) is 24.5 Å². The maximum Gasteiger partial charge on any atom is 0.262 e. The minimum Gasteiger partial charge on any atom is -0.357 e. The van der Waals surface area contributed by atoms with Crippen LogP contribution in [-0.2, 0) is 0 Å². The lowest BCUT2D eigenvalue weighted by Crippen LogP contribution is -2.29. The summed E-state index contributed by atoms with van der Waals surface area (Å²) in [5.74, 6) is -1.21. The Morgan fingerprint density at radius 3 is 2.64 bits per heavy atom. The molecular weight excluding hydrogens is 352 g/mol. The van der Waals surface area contributed by atoms with Crippen LogP contribution < -0.4 is 10.2 Å². The zero-order valence-corrected chi connectivity index (χ0v) is 14.4. The Hall–Kier alpha value is -1.80. The third kappa shape index (κ3) is 3.90. The molecule has 2 aliphatic heterocycles. The summed E-state index contributed by atoms with van der Waals surface area (Å²) in [7, 11) is 0. The predicted molar refractivity (Wildman–Crippen MR) is 91.1 cm³/mol. The number of alkyl halides is 2. The highest BCUT2D eigenvalue weighted by Gasteiger charge is 2.42. The van der Waals surface area contributed by atoms with Gasteiger partial charge in [-0.25, -0.2) is 13.8 Å². The van der Waals surface area contributed by atoms with Gasteiger partial charge in [-0.1, -0.05) is 5.16 Å². The Balaban J connectivity index is 0.00000182. The van der Waals surface area contributed by atoms with Gasteiger partial charge in [-0.05, 0) is 31.4 Å². The molecular formula is C16H20ClF2N5O. The minimum atomic E-state index is -2.73. The van der Waals surface area contributed by atoms with Crippen molar-refractivity contribution in [3.63, 3.8) is 0 Å².